The number of rotatable bonds is 4. The molecule has 1 aromatic carbocycles. The van der Waals surface area contributed by atoms with Crippen LogP contribution in [0.2, 0.25) is 0 Å². The second kappa shape index (κ2) is 5.75. The SMILES string of the molecule is COC(=O)C(C#N)c1ccc(OC)c(OC)c1. The fraction of sp³-hybridized carbons (Fsp3) is 0.333. The molecule has 17 heavy (non-hydrogen) atoms. The molecule has 0 heterocycles. The molecule has 0 bridgehead atoms. The molecule has 0 amide bonds. The topological polar surface area (TPSA) is 68.6 Å². The van der Waals surface area contributed by atoms with Gasteiger partial charge in [0.05, 0.1) is 27.4 Å². The van der Waals surface area contributed by atoms with E-state index < -0.39 is 11.9 Å². The van der Waals surface area contributed by atoms with Crippen LogP contribution in [0.1, 0.15) is 11.5 Å². The maximum atomic E-state index is 11.4. The second-order valence-corrected chi connectivity index (χ2v) is 3.20. The van der Waals surface area contributed by atoms with Gasteiger partial charge in [-0.3, -0.25) is 4.79 Å². The van der Waals surface area contributed by atoms with Gasteiger partial charge in [-0.1, -0.05) is 6.07 Å². The van der Waals surface area contributed by atoms with Gasteiger partial charge < -0.3 is 14.2 Å². The summed E-state index contributed by atoms with van der Waals surface area (Å²) >= 11 is 0. The van der Waals surface area contributed by atoms with Crippen molar-refractivity contribution in [1.82, 2.24) is 0 Å². The average molecular weight is 235 g/mol. The Morgan fingerprint density at radius 3 is 2.35 bits per heavy atom. The van der Waals surface area contributed by atoms with Crippen LogP contribution >= 0.6 is 0 Å². The Morgan fingerprint density at radius 1 is 1.24 bits per heavy atom. The van der Waals surface area contributed by atoms with Crippen molar-refractivity contribution in [3.8, 4) is 17.6 Å². The standard InChI is InChI=1S/C12H13NO4/c1-15-10-5-4-8(6-11(10)16-2)9(7-13)12(14)17-3/h4-6,9H,1-3H3. The first kappa shape index (κ1) is 12.8. The highest BCUT2D eigenvalue weighted by molar-refractivity contribution is 5.81. The molecule has 1 atom stereocenters. The molecular formula is C12H13NO4. The molecule has 5 heteroatoms. The quantitative estimate of drug-likeness (QED) is 0.739. The Hall–Kier alpha value is -2.22. The Labute approximate surface area is 99.5 Å². The molecule has 1 aromatic rings. The first-order valence-corrected chi connectivity index (χ1v) is 4.87. The number of esters is 1. The van der Waals surface area contributed by atoms with Crippen molar-refractivity contribution in [3.05, 3.63) is 23.8 Å². The number of carbonyl (C=O) groups excluding carboxylic acids is 1. The molecule has 1 unspecified atom stereocenters. The van der Waals surface area contributed by atoms with E-state index in [2.05, 4.69) is 4.74 Å². The van der Waals surface area contributed by atoms with Crippen LogP contribution in [0.5, 0.6) is 11.5 Å². The molecule has 0 saturated heterocycles. The molecular weight excluding hydrogens is 222 g/mol. The summed E-state index contributed by atoms with van der Waals surface area (Å²) in [5.41, 5.74) is 0.511. The highest BCUT2D eigenvalue weighted by atomic mass is 16.5. The van der Waals surface area contributed by atoms with E-state index in [4.69, 9.17) is 14.7 Å². The molecule has 0 saturated carbocycles. The van der Waals surface area contributed by atoms with E-state index in [-0.39, 0.29) is 0 Å². The number of ether oxygens (including phenoxy) is 3. The van der Waals surface area contributed by atoms with Gasteiger partial charge in [0.15, 0.2) is 17.4 Å². The highest BCUT2D eigenvalue weighted by Gasteiger charge is 2.22. The lowest BCUT2D eigenvalue weighted by Crippen LogP contribution is -2.12. The van der Waals surface area contributed by atoms with E-state index >= 15 is 0 Å². The van der Waals surface area contributed by atoms with Crippen molar-refractivity contribution in [2.24, 2.45) is 0 Å². The molecule has 0 N–H and O–H groups in total. The number of benzene rings is 1. The maximum absolute atomic E-state index is 11.4. The summed E-state index contributed by atoms with van der Waals surface area (Å²) in [6, 6.07) is 6.75. The van der Waals surface area contributed by atoms with Crippen molar-refractivity contribution in [2.45, 2.75) is 5.92 Å². The summed E-state index contributed by atoms with van der Waals surface area (Å²) in [7, 11) is 4.24. The maximum Gasteiger partial charge on any atom is 0.327 e. The van der Waals surface area contributed by atoms with Gasteiger partial charge in [0, 0.05) is 0 Å². The summed E-state index contributed by atoms with van der Waals surface area (Å²) in [6.07, 6.45) is 0. The van der Waals surface area contributed by atoms with E-state index in [1.165, 1.54) is 21.3 Å². The number of hydrogen-bond acceptors (Lipinski definition) is 5. The van der Waals surface area contributed by atoms with Gasteiger partial charge in [0.1, 0.15) is 0 Å². The summed E-state index contributed by atoms with van der Waals surface area (Å²) in [6.45, 7) is 0. The molecule has 0 aromatic heterocycles. The molecule has 0 radical (unpaired) electrons. The number of hydrogen-bond donors (Lipinski definition) is 0. The van der Waals surface area contributed by atoms with E-state index in [0.29, 0.717) is 17.1 Å². The molecule has 0 fully saturated rings. The lowest BCUT2D eigenvalue weighted by atomic mass is 10.0. The smallest absolute Gasteiger partial charge is 0.327 e. The van der Waals surface area contributed by atoms with E-state index in [0.717, 1.165) is 0 Å². The molecule has 0 aliphatic heterocycles. The minimum absolute atomic E-state index is 0.467. The molecule has 1 rings (SSSR count). The van der Waals surface area contributed by atoms with Crippen LogP contribution in [0, 0.1) is 11.3 Å². The Balaban J connectivity index is 3.14. The Kier molecular flexibility index (Phi) is 4.35. The van der Waals surface area contributed by atoms with E-state index in [9.17, 15) is 4.79 Å². The average Bonchev–Trinajstić information content (AvgIpc) is 2.38. The van der Waals surface area contributed by atoms with Gasteiger partial charge in [-0.05, 0) is 17.7 Å². The normalized spacial score (nSPS) is 11.2. The summed E-state index contributed by atoms with van der Waals surface area (Å²) in [5.74, 6) is -0.550. The van der Waals surface area contributed by atoms with Crippen molar-refractivity contribution in [3.63, 3.8) is 0 Å². The van der Waals surface area contributed by atoms with Crippen LogP contribution in [0.25, 0.3) is 0 Å². The fourth-order valence-electron chi connectivity index (χ4n) is 1.41. The van der Waals surface area contributed by atoms with Gasteiger partial charge in [-0.15, -0.1) is 0 Å². The van der Waals surface area contributed by atoms with Crippen molar-refractivity contribution in [1.29, 1.82) is 5.26 Å². The van der Waals surface area contributed by atoms with Gasteiger partial charge in [0.25, 0.3) is 0 Å². The van der Waals surface area contributed by atoms with Crippen LogP contribution < -0.4 is 9.47 Å². The van der Waals surface area contributed by atoms with Crippen LogP contribution in [0.4, 0.5) is 0 Å². The van der Waals surface area contributed by atoms with Crippen LogP contribution in [-0.2, 0) is 9.53 Å². The van der Waals surface area contributed by atoms with Crippen LogP contribution in [0.3, 0.4) is 0 Å². The molecule has 0 aliphatic carbocycles. The summed E-state index contributed by atoms with van der Waals surface area (Å²) < 4.78 is 14.7. The second-order valence-electron chi connectivity index (χ2n) is 3.20. The number of carbonyl (C=O) groups is 1. The van der Waals surface area contributed by atoms with Crippen molar-refractivity contribution in [2.75, 3.05) is 21.3 Å². The Morgan fingerprint density at radius 2 is 1.88 bits per heavy atom. The minimum atomic E-state index is -0.959. The number of methoxy groups -OCH3 is 3. The number of nitriles is 1. The molecule has 5 nitrogen and oxygen atoms in total. The lowest BCUT2D eigenvalue weighted by Gasteiger charge is -2.11. The largest absolute Gasteiger partial charge is 0.493 e. The zero-order valence-corrected chi connectivity index (χ0v) is 9.89. The van der Waals surface area contributed by atoms with Gasteiger partial charge >= 0.3 is 5.97 Å². The van der Waals surface area contributed by atoms with Gasteiger partial charge in [-0.25, -0.2) is 0 Å². The van der Waals surface area contributed by atoms with Crippen molar-refractivity contribution < 1.29 is 19.0 Å². The summed E-state index contributed by atoms with van der Waals surface area (Å²) in [4.78, 5) is 11.4. The first-order chi connectivity index (χ1) is 8.17. The monoisotopic (exact) mass is 235 g/mol. The molecule has 0 aliphatic rings. The van der Waals surface area contributed by atoms with Crippen molar-refractivity contribution >= 4 is 5.97 Å². The predicted octanol–water partition coefficient (Wildman–Crippen LogP) is 1.48. The zero-order chi connectivity index (χ0) is 12.8. The molecule has 0 spiro atoms. The van der Waals surface area contributed by atoms with Gasteiger partial charge in [0.2, 0.25) is 0 Å². The fourth-order valence-corrected chi connectivity index (χ4v) is 1.41. The lowest BCUT2D eigenvalue weighted by molar-refractivity contribution is -0.140. The van der Waals surface area contributed by atoms with E-state index in [1.54, 1.807) is 18.2 Å². The highest BCUT2D eigenvalue weighted by Crippen LogP contribution is 2.30. The number of nitrogens with zero attached hydrogens (tertiary/aromatic N) is 1. The third-order valence-electron chi connectivity index (χ3n) is 2.31. The molecule has 90 valence electrons. The summed E-state index contributed by atoms with van der Waals surface area (Å²) in [5, 5.41) is 8.95. The zero-order valence-electron chi connectivity index (χ0n) is 9.89. The van der Waals surface area contributed by atoms with Crippen LogP contribution in [0.15, 0.2) is 18.2 Å². The first-order valence-electron chi connectivity index (χ1n) is 4.87. The third-order valence-corrected chi connectivity index (χ3v) is 2.31. The third kappa shape index (κ3) is 2.67. The van der Waals surface area contributed by atoms with E-state index in [1.807, 2.05) is 6.07 Å². The predicted molar refractivity (Wildman–Crippen MR) is 59.9 cm³/mol. The van der Waals surface area contributed by atoms with Gasteiger partial charge in [-0.2, -0.15) is 5.26 Å². The Bertz CT molecular complexity index is 450. The minimum Gasteiger partial charge on any atom is -0.493 e. The van der Waals surface area contributed by atoms with Crippen LogP contribution in [-0.4, -0.2) is 27.3 Å².